The first-order chi connectivity index (χ1) is 11.1. The van der Waals surface area contributed by atoms with E-state index in [0.29, 0.717) is 11.3 Å². The van der Waals surface area contributed by atoms with Crippen molar-refractivity contribution in [3.05, 3.63) is 59.4 Å². The number of pyridine rings is 1. The van der Waals surface area contributed by atoms with Gasteiger partial charge >= 0.3 is 0 Å². The summed E-state index contributed by atoms with van der Waals surface area (Å²) in [6.07, 6.45) is 3.59. The minimum Gasteiger partial charge on any atom is -0.339 e. The molecule has 0 aliphatic carbocycles. The van der Waals surface area contributed by atoms with E-state index in [9.17, 15) is 9.59 Å². The van der Waals surface area contributed by atoms with E-state index >= 15 is 0 Å². The van der Waals surface area contributed by atoms with Gasteiger partial charge in [0, 0.05) is 30.5 Å². The number of likely N-dealkylation sites (tertiary alicyclic amines) is 1. The van der Waals surface area contributed by atoms with Gasteiger partial charge < -0.3 is 10.2 Å². The van der Waals surface area contributed by atoms with Gasteiger partial charge in [-0.05, 0) is 49.6 Å². The molecule has 2 heterocycles. The van der Waals surface area contributed by atoms with Crippen molar-refractivity contribution < 1.29 is 9.59 Å². The van der Waals surface area contributed by atoms with Crippen LogP contribution in [-0.4, -0.2) is 34.8 Å². The molecule has 0 radical (unpaired) electrons. The molecule has 0 spiro atoms. The number of rotatable bonds is 3. The number of carbonyl (C=O) groups is 2. The van der Waals surface area contributed by atoms with Crippen molar-refractivity contribution in [2.45, 2.75) is 19.8 Å². The van der Waals surface area contributed by atoms with E-state index in [1.165, 1.54) is 6.20 Å². The summed E-state index contributed by atoms with van der Waals surface area (Å²) < 4.78 is 0. The van der Waals surface area contributed by atoms with Crippen LogP contribution in [0.3, 0.4) is 0 Å². The Morgan fingerprint density at radius 3 is 2.65 bits per heavy atom. The Hall–Kier alpha value is -2.69. The van der Waals surface area contributed by atoms with Crippen LogP contribution in [0.25, 0.3) is 0 Å². The second-order valence-electron chi connectivity index (χ2n) is 5.75. The lowest BCUT2D eigenvalue weighted by molar-refractivity contribution is 0.0792. The third-order valence-electron chi connectivity index (χ3n) is 3.91. The molecule has 0 unspecified atom stereocenters. The number of nitrogens with zero attached hydrogens (tertiary/aromatic N) is 2. The number of benzene rings is 1. The number of carbonyl (C=O) groups excluding carboxylic acids is 2. The summed E-state index contributed by atoms with van der Waals surface area (Å²) >= 11 is 0. The fraction of sp³-hybridized carbons (Fsp3) is 0.278. The van der Waals surface area contributed by atoms with E-state index in [0.717, 1.165) is 31.5 Å². The lowest BCUT2D eigenvalue weighted by atomic mass is 10.2. The number of hydrogen-bond donors (Lipinski definition) is 1. The van der Waals surface area contributed by atoms with E-state index < -0.39 is 0 Å². The van der Waals surface area contributed by atoms with Gasteiger partial charge in [-0.2, -0.15) is 0 Å². The standard InChI is InChI=1S/C18H19N3O2/c1-13-5-4-6-15(11-13)20-17(22)16-12-14(7-8-19-16)18(23)21-9-2-3-10-21/h4-8,11-12H,2-3,9-10H2,1H3,(H,20,22). The smallest absolute Gasteiger partial charge is 0.274 e. The molecule has 118 valence electrons. The quantitative estimate of drug-likeness (QED) is 0.948. The van der Waals surface area contributed by atoms with Crippen LogP contribution < -0.4 is 5.32 Å². The average molecular weight is 309 g/mol. The number of aromatic nitrogens is 1. The number of amides is 2. The van der Waals surface area contributed by atoms with Crippen LogP contribution in [0.1, 0.15) is 39.3 Å². The summed E-state index contributed by atoms with van der Waals surface area (Å²) in [7, 11) is 0. The van der Waals surface area contributed by atoms with Gasteiger partial charge in [0.2, 0.25) is 0 Å². The highest BCUT2D eigenvalue weighted by atomic mass is 16.2. The Kier molecular flexibility index (Phi) is 4.37. The van der Waals surface area contributed by atoms with Crippen molar-refractivity contribution in [2.75, 3.05) is 18.4 Å². The predicted molar refractivity (Wildman–Crippen MR) is 88.5 cm³/mol. The topological polar surface area (TPSA) is 62.3 Å². The molecular weight excluding hydrogens is 290 g/mol. The highest BCUT2D eigenvalue weighted by Gasteiger charge is 2.20. The third kappa shape index (κ3) is 3.56. The van der Waals surface area contributed by atoms with E-state index in [1.54, 1.807) is 12.1 Å². The lowest BCUT2D eigenvalue weighted by Gasteiger charge is -2.15. The van der Waals surface area contributed by atoms with Crippen molar-refractivity contribution in [1.29, 1.82) is 0 Å². The maximum absolute atomic E-state index is 12.4. The number of hydrogen-bond acceptors (Lipinski definition) is 3. The van der Waals surface area contributed by atoms with Crippen molar-refractivity contribution in [3.63, 3.8) is 0 Å². The van der Waals surface area contributed by atoms with Crippen molar-refractivity contribution in [3.8, 4) is 0 Å². The first-order valence-electron chi connectivity index (χ1n) is 7.77. The molecule has 1 aliphatic rings. The monoisotopic (exact) mass is 309 g/mol. The zero-order valence-electron chi connectivity index (χ0n) is 13.1. The summed E-state index contributed by atoms with van der Waals surface area (Å²) in [5, 5.41) is 2.81. The Bertz CT molecular complexity index is 737. The number of nitrogens with one attached hydrogen (secondary N) is 1. The fourth-order valence-electron chi connectivity index (χ4n) is 2.71. The Morgan fingerprint density at radius 2 is 1.91 bits per heavy atom. The molecule has 0 saturated carbocycles. The predicted octanol–water partition coefficient (Wildman–Crippen LogP) is 2.88. The molecule has 2 aromatic rings. The average Bonchev–Trinajstić information content (AvgIpc) is 3.09. The van der Waals surface area contributed by atoms with Crippen LogP contribution in [0.2, 0.25) is 0 Å². The molecule has 2 amide bonds. The summed E-state index contributed by atoms with van der Waals surface area (Å²) in [5.41, 5.74) is 2.54. The maximum atomic E-state index is 12.4. The summed E-state index contributed by atoms with van der Waals surface area (Å²) in [5.74, 6) is -0.346. The van der Waals surface area contributed by atoms with Crippen molar-refractivity contribution in [1.82, 2.24) is 9.88 Å². The number of anilines is 1. The van der Waals surface area contributed by atoms with E-state index in [-0.39, 0.29) is 17.5 Å². The zero-order valence-corrected chi connectivity index (χ0v) is 13.1. The van der Waals surface area contributed by atoms with Crippen LogP contribution in [0.15, 0.2) is 42.6 Å². The zero-order chi connectivity index (χ0) is 16.2. The van der Waals surface area contributed by atoms with Gasteiger partial charge in [0.15, 0.2) is 0 Å². The highest BCUT2D eigenvalue weighted by molar-refractivity contribution is 6.04. The van der Waals surface area contributed by atoms with E-state index in [4.69, 9.17) is 0 Å². The van der Waals surface area contributed by atoms with E-state index in [1.807, 2.05) is 36.1 Å². The molecule has 5 heteroatoms. The van der Waals surface area contributed by atoms with Crippen LogP contribution in [0.4, 0.5) is 5.69 Å². The molecule has 1 saturated heterocycles. The molecule has 3 rings (SSSR count). The first kappa shape index (κ1) is 15.2. The van der Waals surface area contributed by atoms with Gasteiger partial charge in [0.05, 0.1) is 0 Å². The van der Waals surface area contributed by atoms with Crippen molar-refractivity contribution >= 4 is 17.5 Å². The van der Waals surface area contributed by atoms with Gasteiger partial charge in [0.25, 0.3) is 11.8 Å². The van der Waals surface area contributed by atoms with Gasteiger partial charge in [-0.3, -0.25) is 14.6 Å². The van der Waals surface area contributed by atoms with Gasteiger partial charge in [-0.25, -0.2) is 0 Å². The van der Waals surface area contributed by atoms with Crippen LogP contribution in [0, 0.1) is 6.92 Å². The molecular formula is C18H19N3O2. The van der Waals surface area contributed by atoms with Gasteiger partial charge in [-0.1, -0.05) is 12.1 Å². The molecule has 23 heavy (non-hydrogen) atoms. The Balaban J connectivity index is 1.76. The number of aryl methyl sites for hydroxylation is 1. The van der Waals surface area contributed by atoms with Gasteiger partial charge in [-0.15, -0.1) is 0 Å². The van der Waals surface area contributed by atoms with E-state index in [2.05, 4.69) is 10.3 Å². The largest absolute Gasteiger partial charge is 0.339 e. The van der Waals surface area contributed by atoms with Crippen LogP contribution in [-0.2, 0) is 0 Å². The van der Waals surface area contributed by atoms with Crippen molar-refractivity contribution in [2.24, 2.45) is 0 Å². The maximum Gasteiger partial charge on any atom is 0.274 e. The lowest BCUT2D eigenvalue weighted by Crippen LogP contribution is -2.28. The fourth-order valence-corrected chi connectivity index (χ4v) is 2.71. The Labute approximate surface area is 135 Å². The van der Waals surface area contributed by atoms with Gasteiger partial charge in [0.1, 0.15) is 5.69 Å². The first-order valence-corrected chi connectivity index (χ1v) is 7.77. The molecule has 5 nitrogen and oxygen atoms in total. The molecule has 1 aromatic carbocycles. The minimum absolute atomic E-state index is 0.0329. The SMILES string of the molecule is Cc1cccc(NC(=O)c2cc(C(=O)N3CCCC3)ccn2)c1. The van der Waals surface area contributed by atoms with Crippen LogP contribution >= 0.6 is 0 Å². The molecule has 0 bridgehead atoms. The van der Waals surface area contributed by atoms with Crippen LogP contribution in [0.5, 0.6) is 0 Å². The molecule has 0 atom stereocenters. The third-order valence-corrected chi connectivity index (χ3v) is 3.91. The second-order valence-corrected chi connectivity index (χ2v) is 5.75. The molecule has 1 aliphatic heterocycles. The second kappa shape index (κ2) is 6.60. The molecule has 1 fully saturated rings. The molecule has 1 aromatic heterocycles. The highest BCUT2D eigenvalue weighted by Crippen LogP contribution is 2.15. The molecule has 1 N–H and O–H groups in total. The summed E-state index contributed by atoms with van der Waals surface area (Å²) in [6.45, 7) is 3.53. The normalized spacial score (nSPS) is 13.9. The minimum atomic E-state index is -0.313. The summed E-state index contributed by atoms with van der Waals surface area (Å²) in [6, 6.07) is 10.8. The Morgan fingerprint density at radius 1 is 1.13 bits per heavy atom. The summed E-state index contributed by atoms with van der Waals surface area (Å²) in [4.78, 5) is 30.6.